The summed E-state index contributed by atoms with van der Waals surface area (Å²) in [5.41, 5.74) is 2.79. The van der Waals surface area contributed by atoms with Gasteiger partial charge in [0.2, 0.25) is 12.3 Å². The van der Waals surface area contributed by atoms with Gasteiger partial charge in [0.25, 0.3) is 11.6 Å². The molecule has 2 aromatic rings. The number of aliphatic imine (C=N–C) groups is 1. The zero-order valence-corrected chi connectivity index (χ0v) is 20.6. The van der Waals surface area contributed by atoms with Crippen LogP contribution < -0.4 is 5.43 Å². The lowest BCUT2D eigenvalue weighted by atomic mass is 9.91. The highest BCUT2D eigenvalue weighted by molar-refractivity contribution is 6.05. The van der Waals surface area contributed by atoms with Crippen molar-refractivity contribution in [1.29, 1.82) is 0 Å². The predicted molar refractivity (Wildman–Crippen MR) is 129 cm³/mol. The van der Waals surface area contributed by atoms with E-state index in [0.717, 1.165) is 5.56 Å². The van der Waals surface area contributed by atoms with E-state index in [-0.39, 0.29) is 31.1 Å². The number of hydrogen-bond donors (Lipinski definition) is 1. The number of non-ortho nitro benzene ring substituents is 1. The summed E-state index contributed by atoms with van der Waals surface area (Å²) < 4.78 is 5.32. The fourth-order valence-electron chi connectivity index (χ4n) is 4.90. The van der Waals surface area contributed by atoms with Crippen molar-refractivity contribution >= 4 is 23.5 Å². The Balaban J connectivity index is 1.74. The number of amides is 3. The molecule has 2 atom stereocenters. The number of nitro benzene ring substituents is 1. The number of amidine groups is 1. The van der Waals surface area contributed by atoms with E-state index >= 15 is 0 Å². The van der Waals surface area contributed by atoms with Crippen molar-refractivity contribution in [3.05, 3.63) is 52.2 Å². The Morgan fingerprint density at radius 1 is 1.22 bits per heavy atom. The maximum Gasteiger partial charge on any atom is 0.328 e. The highest BCUT2D eigenvalue weighted by Gasteiger charge is 2.62. The molecule has 3 heterocycles. The monoisotopic (exact) mass is 498 g/mol. The topological polar surface area (TPSA) is 150 Å². The Morgan fingerprint density at radius 3 is 2.67 bits per heavy atom. The molecule has 1 saturated heterocycles. The second-order valence-corrected chi connectivity index (χ2v) is 8.65. The van der Waals surface area contributed by atoms with Gasteiger partial charge in [0.15, 0.2) is 11.7 Å². The van der Waals surface area contributed by atoms with Crippen LogP contribution in [0.15, 0.2) is 40.1 Å². The number of rotatable bonds is 11. The van der Waals surface area contributed by atoms with E-state index in [9.17, 15) is 19.7 Å². The molecule has 0 radical (unpaired) electrons. The zero-order chi connectivity index (χ0) is 25.9. The van der Waals surface area contributed by atoms with Crippen molar-refractivity contribution in [3.63, 3.8) is 0 Å². The van der Waals surface area contributed by atoms with E-state index in [1.54, 1.807) is 22.0 Å². The number of nitrogens with one attached hydrogen (secondary N) is 1. The van der Waals surface area contributed by atoms with Gasteiger partial charge >= 0.3 is 6.03 Å². The third-order valence-electron chi connectivity index (χ3n) is 6.48. The lowest BCUT2D eigenvalue weighted by molar-refractivity contribution is -0.384. The lowest BCUT2D eigenvalue weighted by Gasteiger charge is -2.50. The Morgan fingerprint density at radius 2 is 2.03 bits per heavy atom. The van der Waals surface area contributed by atoms with Crippen LogP contribution in [0.5, 0.6) is 0 Å². The molecule has 1 N–H and O–H groups in total. The van der Waals surface area contributed by atoms with Crippen molar-refractivity contribution in [3.8, 4) is 0 Å². The third-order valence-corrected chi connectivity index (χ3v) is 6.48. The van der Waals surface area contributed by atoms with E-state index in [2.05, 4.69) is 15.6 Å². The second kappa shape index (κ2) is 10.4. The predicted octanol–water partition coefficient (Wildman–Crippen LogP) is 2.15. The van der Waals surface area contributed by atoms with E-state index in [1.807, 2.05) is 20.8 Å². The van der Waals surface area contributed by atoms with E-state index < -0.39 is 22.7 Å². The molecule has 192 valence electrons. The summed E-state index contributed by atoms with van der Waals surface area (Å²) in [5, 5.41) is 20.6. The number of carbonyl (C=O) groups is 2. The van der Waals surface area contributed by atoms with Crippen molar-refractivity contribution < 1.29 is 18.9 Å². The fraction of sp³-hybridized carbons (Fsp3) is 0.522. The average Bonchev–Trinajstić information content (AvgIpc) is 3.49. The van der Waals surface area contributed by atoms with Gasteiger partial charge in [-0.3, -0.25) is 29.7 Å². The highest BCUT2D eigenvalue weighted by Crippen LogP contribution is 2.40. The average molecular weight is 499 g/mol. The maximum absolute atomic E-state index is 13.7. The summed E-state index contributed by atoms with van der Waals surface area (Å²) in [6, 6.07) is 5.15. The van der Waals surface area contributed by atoms with Gasteiger partial charge in [-0.1, -0.05) is 32.9 Å². The first-order valence-electron chi connectivity index (χ1n) is 12.1. The van der Waals surface area contributed by atoms with Crippen LogP contribution in [0.4, 0.5) is 10.5 Å². The minimum Gasteiger partial charge on any atom is -0.428 e. The number of nitro groups is 1. The van der Waals surface area contributed by atoms with Crippen LogP contribution >= 0.6 is 0 Å². The van der Waals surface area contributed by atoms with Crippen LogP contribution in [0.3, 0.4) is 0 Å². The minimum absolute atomic E-state index is 0.0117. The van der Waals surface area contributed by atoms with Crippen LogP contribution in [0.2, 0.25) is 0 Å². The van der Waals surface area contributed by atoms with Crippen LogP contribution in [0, 0.1) is 10.1 Å². The van der Waals surface area contributed by atoms with Crippen molar-refractivity contribution in [2.75, 3.05) is 19.6 Å². The molecule has 13 nitrogen and oxygen atoms in total. The molecule has 1 fully saturated rings. The summed E-state index contributed by atoms with van der Waals surface area (Å²) in [5.74, 6) is 0.544. The molecule has 2 unspecified atom stereocenters. The number of imide groups is 1. The van der Waals surface area contributed by atoms with Crippen molar-refractivity contribution in [2.45, 2.75) is 58.2 Å². The number of urea groups is 1. The van der Waals surface area contributed by atoms with Crippen LogP contribution in [-0.2, 0) is 17.6 Å². The Hall–Kier alpha value is -3.87. The first kappa shape index (κ1) is 25.2. The molecule has 0 aliphatic carbocycles. The molecule has 0 spiro atoms. The van der Waals surface area contributed by atoms with Gasteiger partial charge in [0, 0.05) is 31.8 Å². The number of nitrogens with zero attached hydrogens (tertiary/aromatic N) is 7. The zero-order valence-electron chi connectivity index (χ0n) is 20.6. The number of aromatic nitrogens is 2. The standard InChI is InChI=1S/C23H30N8O5/c1-4-11-28-21(32)20-23(5-2,26-18(30(20)25-6-3)14-19-27-24-15-36-19)29(22(28)33)12-10-16-8-7-9-17(13-16)31(34)35/h7-9,13,15,20,25H,4-6,10-12,14H2,1-3H3. The summed E-state index contributed by atoms with van der Waals surface area (Å²) >= 11 is 0. The third kappa shape index (κ3) is 4.41. The van der Waals surface area contributed by atoms with Gasteiger partial charge in [0.05, 0.1) is 11.3 Å². The molecular weight excluding hydrogens is 468 g/mol. The van der Waals surface area contributed by atoms with Crippen molar-refractivity contribution in [1.82, 2.24) is 30.4 Å². The van der Waals surface area contributed by atoms with Crippen molar-refractivity contribution in [2.24, 2.45) is 4.99 Å². The Bertz CT molecular complexity index is 1150. The van der Waals surface area contributed by atoms with Gasteiger partial charge in [-0.2, -0.15) is 0 Å². The number of benzene rings is 1. The van der Waals surface area contributed by atoms with E-state index in [0.29, 0.717) is 37.5 Å². The molecule has 1 aromatic heterocycles. The Kier molecular flexibility index (Phi) is 7.29. The minimum atomic E-state index is -1.16. The first-order valence-corrected chi connectivity index (χ1v) is 12.1. The first-order chi connectivity index (χ1) is 17.4. The van der Waals surface area contributed by atoms with Crippen LogP contribution in [-0.4, -0.2) is 79.0 Å². The summed E-state index contributed by atoms with van der Waals surface area (Å²) in [6.07, 6.45) is 2.79. The number of hydrogen-bond acceptors (Lipinski definition) is 10. The molecule has 0 saturated carbocycles. The molecule has 1 aromatic carbocycles. The second-order valence-electron chi connectivity index (χ2n) is 8.65. The molecule has 4 rings (SSSR count). The van der Waals surface area contributed by atoms with E-state index in [1.165, 1.54) is 23.4 Å². The normalized spacial score (nSPS) is 21.7. The van der Waals surface area contributed by atoms with E-state index in [4.69, 9.17) is 9.41 Å². The maximum atomic E-state index is 13.7. The van der Waals surface area contributed by atoms with Gasteiger partial charge < -0.3 is 4.42 Å². The molecular formula is C23H30N8O5. The van der Waals surface area contributed by atoms with Gasteiger partial charge in [-0.25, -0.2) is 15.2 Å². The highest BCUT2D eigenvalue weighted by atomic mass is 16.6. The quantitative estimate of drug-likeness (QED) is 0.363. The summed E-state index contributed by atoms with van der Waals surface area (Å²) in [6.45, 7) is 6.76. The number of fused-ring (bicyclic) bond motifs is 1. The SMILES string of the molecule is CCCN1C(=O)C2N(NCC)C(Cc3nnco3)=NC2(CC)N(CCc2cccc([N+](=O)[O-])c2)C1=O. The van der Waals surface area contributed by atoms with Gasteiger partial charge in [-0.05, 0) is 24.8 Å². The molecule has 36 heavy (non-hydrogen) atoms. The molecule has 2 aliphatic rings. The van der Waals surface area contributed by atoms with Gasteiger partial charge in [0.1, 0.15) is 5.84 Å². The molecule has 2 aliphatic heterocycles. The molecule has 13 heteroatoms. The molecule has 3 amide bonds. The number of carbonyl (C=O) groups excluding carboxylic acids is 2. The van der Waals surface area contributed by atoms with Gasteiger partial charge in [-0.15, -0.1) is 10.2 Å². The van der Waals surface area contributed by atoms with Crippen LogP contribution in [0.1, 0.15) is 45.1 Å². The van der Waals surface area contributed by atoms with Crippen LogP contribution in [0.25, 0.3) is 0 Å². The Labute approximate surface area is 208 Å². The largest absolute Gasteiger partial charge is 0.428 e. The summed E-state index contributed by atoms with van der Waals surface area (Å²) in [7, 11) is 0. The number of hydrazine groups is 1. The fourth-order valence-corrected chi connectivity index (χ4v) is 4.90. The smallest absolute Gasteiger partial charge is 0.328 e. The lowest BCUT2D eigenvalue weighted by Crippen LogP contribution is -2.73. The molecule has 0 bridgehead atoms. The summed E-state index contributed by atoms with van der Waals surface area (Å²) in [4.78, 5) is 46.1.